The molecule has 0 fully saturated rings. The van der Waals surface area contributed by atoms with Crippen molar-refractivity contribution in [2.24, 2.45) is 10.8 Å². The van der Waals surface area contributed by atoms with Crippen LogP contribution in [0.5, 0.6) is 0 Å². The minimum atomic E-state index is -0.105. The third-order valence-electron chi connectivity index (χ3n) is 15.3. The summed E-state index contributed by atoms with van der Waals surface area (Å²) >= 11 is 0. The Balaban J connectivity index is 0.000000950. The van der Waals surface area contributed by atoms with Crippen LogP contribution < -0.4 is 21.3 Å². The summed E-state index contributed by atoms with van der Waals surface area (Å²) in [6.07, 6.45) is 36.2. The second kappa shape index (κ2) is 58.9. The van der Waals surface area contributed by atoms with Gasteiger partial charge in [-0.15, -0.1) is 0 Å². The van der Waals surface area contributed by atoms with E-state index in [2.05, 4.69) is 120 Å². The number of hydrogen-bond acceptors (Lipinski definition) is 15. The van der Waals surface area contributed by atoms with Crippen LogP contribution in [0.15, 0.2) is 117 Å². The number of carbonyl (C=O) groups is 4. The Morgan fingerprint density at radius 3 is 1.03 bits per heavy atom. The molecule has 0 aromatic heterocycles. The third-order valence-corrected chi connectivity index (χ3v) is 15.3. The van der Waals surface area contributed by atoms with E-state index in [1.807, 2.05) is 38.2 Å². The number of nitrogens with one attached hydrogen (secondary N) is 4. The molecule has 19 heteroatoms. The Kier molecular flexibility index (Phi) is 54.5. The molecule has 19 nitrogen and oxygen atoms in total. The van der Waals surface area contributed by atoms with Crippen molar-refractivity contribution in [2.45, 2.75) is 160 Å². The SMILES string of the molecule is CCCOCCOCCC(=O)NCCCOCCOCCOCCCNC(=O)/C=C(C)/C=C/C=C(C)/C=C/C1=C(C)CCCC1(C)C.COCCOCCOCCC(=O)NCCCOCCOCCOCCCNC(=O)/C=C(C)/C=C/C=C(C)/C=C/C1=C(C)CCCC1(C)C. The van der Waals surface area contributed by atoms with Crippen molar-refractivity contribution in [3.05, 3.63) is 117 Å². The van der Waals surface area contributed by atoms with Gasteiger partial charge in [0.1, 0.15) is 0 Å². The van der Waals surface area contributed by atoms with Gasteiger partial charge in [-0.2, -0.15) is 0 Å². The molecule has 0 bridgehead atoms. The largest absolute Gasteiger partial charge is 0.382 e. The Morgan fingerprint density at radius 1 is 0.400 bits per heavy atom. The maximum Gasteiger partial charge on any atom is 0.244 e. The molecule has 0 radical (unpaired) electrons. The van der Waals surface area contributed by atoms with Crippen molar-refractivity contribution >= 4 is 23.6 Å². The Hall–Kier alpha value is -5.16. The van der Waals surface area contributed by atoms with Crippen molar-refractivity contribution in [2.75, 3.05) is 172 Å². The van der Waals surface area contributed by atoms with E-state index in [9.17, 15) is 19.2 Å². The standard InChI is InChI=1S/C38H64N2O8.C38H64N2O7/c1-32(14-15-35-34(3)13-8-17-38(35,4)5)11-7-12-33(2)31-37(42)40-19-10-21-45-26-29-48-28-25-44-20-9-18-39-36(41)16-22-46-27-30-47-24-23-43-6;1-7-21-43-25-28-46-24-17-36(41)39-19-10-22-44-26-29-47-30-27-45-23-11-20-40-37(42)31-33(3)13-8-12-32(2)15-16-35-34(4)14-9-18-38(35,5)6/h7,11-12,14-15,31H,8-10,13,16-30H2,1-6H3,(H,39,41)(H,40,42);8,12-13,15-16,31H,7,9-11,14,17-30H2,1-6H3,(H,39,41)(H,40,42)/b12-7+,15-14+,32-11+,33-31+;13-8+,16-15+,32-12+,33-31+. The van der Waals surface area contributed by atoms with E-state index in [1.165, 1.54) is 72.0 Å². The van der Waals surface area contributed by atoms with Gasteiger partial charge in [-0.05, 0) is 145 Å². The molecule has 95 heavy (non-hydrogen) atoms. The molecule has 0 saturated carbocycles. The predicted molar refractivity (Wildman–Crippen MR) is 382 cm³/mol. The molecular weight excluding hydrogens is 1210 g/mol. The van der Waals surface area contributed by atoms with Crippen LogP contribution in [0, 0.1) is 10.8 Å². The van der Waals surface area contributed by atoms with Crippen molar-refractivity contribution in [1.82, 2.24) is 21.3 Å². The highest BCUT2D eigenvalue weighted by Gasteiger charge is 2.27. The van der Waals surface area contributed by atoms with Crippen LogP contribution in [-0.4, -0.2) is 196 Å². The number of rotatable bonds is 55. The molecule has 0 saturated heterocycles. The Labute approximate surface area is 573 Å². The van der Waals surface area contributed by atoms with E-state index < -0.39 is 0 Å². The lowest BCUT2D eigenvalue weighted by atomic mass is 9.72. The summed E-state index contributed by atoms with van der Waals surface area (Å²) in [6.45, 7) is 37.0. The van der Waals surface area contributed by atoms with E-state index in [0.717, 1.165) is 49.9 Å². The molecule has 0 aliphatic heterocycles. The van der Waals surface area contributed by atoms with Gasteiger partial charge in [-0.3, -0.25) is 19.2 Å². The first-order valence-electron chi connectivity index (χ1n) is 35.0. The third kappa shape index (κ3) is 51.7. The average Bonchev–Trinajstić information content (AvgIpc) is 0.846. The smallest absolute Gasteiger partial charge is 0.244 e. The maximum atomic E-state index is 12.2. The molecule has 4 N–H and O–H groups in total. The first-order valence-corrected chi connectivity index (χ1v) is 35.0. The molecule has 0 unspecified atom stereocenters. The lowest BCUT2D eigenvalue weighted by molar-refractivity contribution is -0.123. The molecule has 0 spiro atoms. The van der Waals surface area contributed by atoms with E-state index in [0.29, 0.717) is 171 Å². The van der Waals surface area contributed by atoms with Crippen LogP contribution in [0.3, 0.4) is 0 Å². The van der Waals surface area contributed by atoms with Gasteiger partial charge in [0.25, 0.3) is 0 Å². The van der Waals surface area contributed by atoms with E-state index in [4.69, 9.17) is 52.1 Å². The van der Waals surface area contributed by atoms with Gasteiger partial charge in [0, 0.05) is 91.3 Å². The quantitative estimate of drug-likeness (QED) is 0.0253. The highest BCUT2D eigenvalue weighted by atomic mass is 16.6. The van der Waals surface area contributed by atoms with Crippen LogP contribution in [0.2, 0.25) is 0 Å². The summed E-state index contributed by atoms with van der Waals surface area (Å²) in [6, 6.07) is 0. The van der Waals surface area contributed by atoms with Gasteiger partial charge in [0.2, 0.25) is 23.6 Å². The van der Waals surface area contributed by atoms with E-state index >= 15 is 0 Å². The lowest BCUT2D eigenvalue weighted by Gasteiger charge is -2.33. The molecular formula is C76H128N4O15. The summed E-state index contributed by atoms with van der Waals surface area (Å²) in [5.74, 6) is -0.263. The van der Waals surface area contributed by atoms with Crippen molar-refractivity contribution < 1.29 is 71.3 Å². The summed E-state index contributed by atoms with van der Waals surface area (Å²) in [4.78, 5) is 47.9. The van der Waals surface area contributed by atoms with Crippen LogP contribution in [0.4, 0.5) is 0 Å². The lowest BCUT2D eigenvalue weighted by Crippen LogP contribution is -2.26. The number of allylic oxidation sites excluding steroid dienone is 18. The summed E-state index contributed by atoms with van der Waals surface area (Å²) in [5.41, 5.74) is 10.5. The molecule has 0 aromatic rings. The summed E-state index contributed by atoms with van der Waals surface area (Å²) < 4.78 is 59.5. The van der Waals surface area contributed by atoms with Crippen LogP contribution in [-0.2, 0) is 71.3 Å². The number of carbonyl (C=O) groups excluding carboxylic acids is 4. The number of ether oxygens (including phenoxy) is 11. The van der Waals surface area contributed by atoms with Gasteiger partial charge in [-0.1, -0.05) is 118 Å². The molecule has 2 rings (SSSR count). The second-order valence-corrected chi connectivity index (χ2v) is 25.2. The van der Waals surface area contributed by atoms with Crippen LogP contribution in [0.1, 0.15) is 160 Å². The molecule has 0 atom stereocenters. The van der Waals surface area contributed by atoms with Crippen molar-refractivity contribution in [1.29, 1.82) is 0 Å². The molecule has 0 aromatic carbocycles. The predicted octanol–water partition coefficient (Wildman–Crippen LogP) is 12.1. The number of amides is 4. The Morgan fingerprint density at radius 2 is 0.705 bits per heavy atom. The van der Waals surface area contributed by atoms with Gasteiger partial charge in [-0.25, -0.2) is 0 Å². The fourth-order valence-electron chi connectivity index (χ4n) is 9.97. The highest BCUT2D eigenvalue weighted by Crippen LogP contribution is 2.42. The van der Waals surface area contributed by atoms with Crippen LogP contribution in [0.25, 0.3) is 0 Å². The van der Waals surface area contributed by atoms with Gasteiger partial charge >= 0.3 is 0 Å². The van der Waals surface area contributed by atoms with Gasteiger partial charge in [0.15, 0.2) is 0 Å². The molecule has 2 aliphatic carbocycles. The fourth-order valence-corrected chi connectivity index (χ4v) is 9.97. The van der Waals surface area contributed by atoms with Crippen LogP contribution >= 0.6 is 0 Å². The molecule has 4 amide bonds. The zero-order chi connectivity index (χ0) is 69.9. The first-order chi connectivity index (χ1) is 45.8. The second-order valence-electron chi connectivity index (χ2n) is 25.2. The maximum absolute atomic E-state index is 12.2. The minimum absolute atomic E-state index is 0.0189. The van der Waals surface area contributed by atoms with Crippen molar-refractivity contribution in [3.63, 3.8) is 0 Å². The van der Waals surface area contributed by atoms with E-state index in [1.54, 1.807) is 19.3 Å². The normalized spacial score (nSPS) is 15.6. The van der Waals surface area contributed by atoms with Gasteiger partial charge in [0.05, 0.1) is 106 Å². The molecule has 0 heterocycles. The van der Waals surface area contributed by atoms with Gasteiger partial charge < -0.3 is 73.4 Å². The minimum Gasteiger partial charge on any atom is -0.382 e. The monoisotopic (exact) mass is 1340 g/mol. The first kappa shape index (κ1) is 87.9. The zero-order valence-electron chi connectivity index (χ0n) is 60.9. The fraction of sp³-hybridized carbons (Fsp3) is 0.684. The average molecular weight is 1340 g/mol. The molecule has 542 valence electrons. The zero-order valence-corrected chi connectivity index (χ0v) is 60.9. The highest BCUT2D eigenvalue weighted by molar-refractivity contribution is 5.89. The topological polar surface area (TPSA) is 218 Å². The summed E-state index contributed by atoms with van der Waals surface area (Å²) in [7, 11) is 1.63. The summed E-state index contributed by atoms with van der Waals surface area (Å²) in [5, 5.41) is 11.5. The molecule has 2 aliphatic rings. The van der Waals surface area contributed by atoms with Crippen molar-refractivity contribution in [3.8, 4) is 0 Å². The number of hydrogen-bond donors (Lipinski definition) is 4. The number of methoxy groups -OCH3 is 1. The Bertz CT molecular complexity index is 2400. The van der Waals surface area contributed by atoms with E-state index in [-0.39, 0.29) is 34.5 Å².